The predicted molar refractivity (Wildman–Crippen MR) is 76.5 cm³/mol. The van der Waals surface area contributed by atoms with Crippen LogP contribution in [0.2, 0.25) is 0 Å². The van der Waals surface area contributed by atoms with Gasteiger partial charge in [0.1, 0.15) is 0 Å². The molecule has 1 aliphatic rings. The second-order valence-corrected chi connectivity index (χ2v) is 5.19. The van der Waals surface area contributed by atoms with Gasteiger partial charge in [-0.25, -0.2) is 4.79 Å². The molecule has 7 heteroatoms. The Labute approximate surface area is 121 Å². The number of nitrogens with one attached hydrogen (secondary N) is 1. The topological polar surface area (TPSA) is 81.9 Å². The maximum absolute atomic E-state index is 11.9. The summed E-state index contributed by atoms with van der Waals surface area (Å²) in [4.78, 5) is 27.2. The molecule has 0 aliphatic carbocycles. The molecular weight excluding hydrogens is 278 g/mol. The first-order valence-electron chi connectivity index (χ1n) is 6.08. The number of benzene rings is 1. The summed E-state index contributed by atoms with van der Waals surface area (Å²) in [5.41, 5.74) is 7.67. The first-order valence-corrected chi connectivity index (χ1v) is 6.96. The fourth-order valence-electron chi connectivity index (χ4n) is 1.55. The van der Waals surface area contributed by atoms with E-state index in [2.05, 4.69) is 20.6 Å². The number of esters is 1. The molecule has 0 saturated carbocycles. The second-order valence-electron chi connectivity index (χ2n) is 4.02. The summed E-state index contributed by atoms with van der Waals surface area (Å²) < 4.78 is 4.59. The lowest BCUT2D eigenvalue weighted by Crippen LogP contribution is -2.24. The Kier molecular flexibility index (Phi) is 4.75. The maximum Gasteiger partial charge on any atom is 0.337 e. The number of hydrogen-bond acceptors (Lipinski definition) is 5. The molecule has 0 bridgehead atoms. The summed E-state index contributed by atoms with van der Waals surface area (Å²) >= 11 is 1.42. The van der Waals surface area contributed by atoms with Crippen LogP contribution in [-0.4, -0.2) is 29.5 Å². The molecule has 1 atom stereocenters. The molecule has 1 N–H and O–H groups in total. The Bertz CT molecular complexity index is 542. The van der Waals surface area contributed by atoms with E-state index in [1.807, 2.05) is 6.92 Å². The normalized spacial score (nSPS) is 19.7. The van der Waals surface area contributed by atoms with Crippen molar-refractivity contribution in [1.29, 1.82) is 0 Å². The molecule has 1 aliphatic heterocycles. The van der Waals surface area contributed by atoms with Crippen LogP contribution in [0, 0.1) is 0 Å². The average molecular weight is 292 g/mol. The van der Waals surface area contributed by atoms with Crippen molar-refractivity contribution in [3.8, 4) is 0 Å². The quantitative estimate of drug-likeness (QED) is 0.855. The van der Waals surface area contributed by atoms with Crippen LogP contribution >= 0.6 is 11.8 Å². The van der Waals surface area contributed by atoms with Gasteiger partial charge in [-0.05, 0) is 30.7 Å². The summed E-state index contributed by atoms with van der Waals surface area (Å²) in [5.74, 6) is -0.821. The van der Waals surface area contributed by atoms with E-state index in [1.165, 1.54) is 31.0 Å². The standard InChI is InChI=1S/C13H14N3O3S/c1-3-10-15-16-13(20-10)14-11(17)8-4-6-9(7-5-8)12(18)19-2/h4-7,10,15H,3H2,1-2H3. The van der Waals surface area contributed by atoms with Crippen molar-refractivity contribution in [2.24, 2.45) is 4.99 Å². The molecule has 1 aromatic rings. The third-order valence-electron chi connectivity index (χ3n) is 2.67. The summed E-state index contributed by atoms with van der Waals surface area (Å²) in [6.45, 7) is 2.02. The minimum absolute atomic E-state index is 0.170. The van der Waals surface area contributed by atoms with E-state index in [0.29, 0.717) is 16.3 Å². The molecule has 105 valence electrons. The smallest absolute Gasteiger partial charge is 0.337 e. The van der Waals surface area contributed by atoms with Gasteiger partial charge in [0.15, 0.2) is 0 Å². The molecule has 2 rings (SSSR count). The second kappa shape index (κ2) is 6.53. The van der Waals surface area contributed by atoms with Crippen molar-refractivity contribution >= 4 is 28.8 Å². The van der Waals surface area contributed by atoms with Gasteiger partial charge in [-0.2, -0.15) is 15.8 Å². The molecule has 1 aromatic carbocycles. The van der Waals surface area contributed by atoms with Gasteiger partial charge in [0.05, 0.1) is 18.0 Å². The highest BCUT2D eigenvalue weighted by Gasteiger charge is 2.21. The van der Waals surface area contributed by atoms with Crippen LogP contribution in [0.1, 0.15) is 34.1 Å². The van der Waals surface area contributed by atoms with Crippen LogP contribution in [0.3, 0.4) is 0 Å². The molecular formula is C13H14N3O3S. The number of hydrogen-bond donors (Lipinski definition) is 1. The van der Waals surface area contributed by atoms with Crippen LogP contribution in [0.5, 0.6) is 0 Å². The fraction of sp³-hybridized carbons (Fsp3) is 0.308. The zero-order valence-electron chi connectivity index (χ0n) is 11.1. The zero-order valence-corrected chi connectivity index (χ0v) is 11.9. The van der Waals surface area contributed by atoms with Gasteiger partial charge in [0, 0.05) is 5.56 Å². The minimum atomic E-state index is -0.438. The first kappa shape index (κ1) is 14.5. The first-order chi connectivity index (χ1) is 9.63. The van der Waals surface area contributed by atoms with Crippen LogP contribution < -0.4 is 10.9 Å². The lowest BCUT2D eigenvalue weighted by atomic mass is 10.1. The number of amides is 1. The Morgan fingerprint density at radius 3 is 2.55 bits per heavy atom. The Hall–Kier alpha value is -1.86. The van der Waals surface area contributed by atoms with Crippen molar-refractivity contribution in [1.82, 2.24) is 10.9 Å². The van der Waals surface area contributed by atoms with E-state index in [0.717, 1.165) is 6.42 Å². The van der Waals surface area contributed by atoms with Crippen LogP contribution in [0.4, 0.5) is 0 Å². The molecule has 1 unspecified atom stereocenters. The molecule has 0 spiro atoms. The lowest BCUT2D eigenvalue weighted by molar-refractivity contribution is 0.0600. The molecule has 1 fully saturated rings. The Morgan fingerprint density at radius 1 is 1.35 bits per heavy atom. The number of rotatable bonds is 3. The number of aliphatic imine (C=N–C) groups is 1. The van der Waals surface area contributed by atoms with Crippen LogP contribution in [0.25, 0.3) is 0 Å². The van der Waals surface area contributed by atoms with Crippen LogP contribution in [-0.2, 0) is 4.74 Å². The summed E-state index contributed by atoms with van der Waals surface area (Å²) in [6.07, 6.45) is 0.898. The van der Waals surface area contributed by atoms with Crippen molar-refractivity contribution < 1.29 is 14.3 Å². The van der Waals surface area contributed by atoms with Crippen LogP contribution in [0.15, 0.2) is 29.3 Å². The van der Waals surface area contributed by atoms with Gasteiger partial charge < -0.3 is 4.74 Å². The number of carbonyl (C=O) groups excluding carboxylic acids is 2. The van der Waals surface area contributed by atoms with Gasteiger partial charge in [-0.1, -0.05) is 18.7 Å². The van der Waals surface area contributed by atoms with E-state index in [4.69, 9.17) is 0 Å². The summed E-state index contributed by atoms with van der Waals surface area (Å²) in [6, 6.07) is 6.16. The summed E-state index contributed by atoms with van der Waals surface area (Å²) in [7, 11) is 1.31. The highest BCUT2D eigenvalue weighted by Crippen LogP contribution is 2.18. The molecule has 1 heterocycles. The lowest BCUT2D eigenvalue weighted by Gasteiger charge is -2.00. The van der Waals surface area contributed by atoms with E-state index in [1.54, 1.807) is 12.1 Å². The predicted octanol–water partition coefficient (Wildman–Crippen LogP) is 1.56. The molecule has 1 radical (unpaired) electrons. The molecule has 6 nitrogen and oxygen atoms in total. The average Bonchev–Trinajstić information content (AvgIpc) is 2.94. The van der Waals surface area contributed by atoms with Gasteiger partial charge in [-0.3, -0.25) is 4.79 Å². The largest absolute Gasteiger partial charge is 0.465 e. The minimum Gasteiger partial charge on any atom is -0.465 e. The molecule has 1 amide bonds. The molecule has 1 saturated heterocycles. The van der Waals surface area contributed by atoms with E-state index >= 15 is 0 Å². The maximum atomic E-state index is 11.9. The zero-order chi connectivity index (χ0) is 14.5. The Morgan fingerprint density at radius 2 is 2.00 bits per heavy atom. The van der Waals surface area contributed by atoms with Gasteiger partial charge in [0.2, 0.25) is 5.17 Å². The SMILES string of the molecule is CCC1N[N]C(=NC(=O)c2ccc(C(=O)OC)cc2)S1. The van der Waals surface area contributed by atoms with E-state index in [9.17, 15) is 9.59 Å². The monoisotopic (exact) mass is 292 g/mol. The fourth-order valence-corrected chi connectivity index (χ4v) is 2.32. The third-order valence-corrected chi connectivity index (χ3v) is 3.79. The van der Waals surface area contributed by atoms with E-state index in [-0.39, 0.29) is 11.3 Å². The number of amidine groups is 1. The number of thioether (sulfide) groups is 1. The number of methoxy groups -OCH3 is 1. The van der Waals surface area contributed by atoms with Gasteiger partial charge in [0.25, 0.3) is 5.91 Å². The molecule has 0 aromatic heterocycles. The van der Waals surface area contributed by atoms with Gasteiger partial charge in [-0.15, -0.1) is 0 Å². The third kappa shape index (κ3) is 3.37. The highest BCUT2D eigenvalue weighted by molar-refractivity contribution is 8.14. The number of nitrogens with zero attached hydrogens (tertiary/aromatic N) is 2. The van der Waals surface area contributed by atoms with Gasteiger partial charge >= 0.3 is 5.97 Å². The van der Waals surface area contributed by atoms with E-state index < -0.39 is 5.97 Å². The number of carbonyl (C=O) groups is 2. The van der Waals surface area contributed by atoms with Crippen molar-refractivity contribution in [3.05, 3.63) is 35.4 Å². The molecule has 20 heavy (non-hydrogen) atoms. The number of ether oxygens (including phenoxy) is 1. The Balaban J connectivity index is 2.06. The highest BCUT2D eigenvalue weighted by atomic mass is 32.2. The van der Waals surface area contributed by atoms with Crippen molar-refractivity contribution in [2.75, 3.05) is 7.11 Å². The van der Waals surface area contributed by atoms with Crippen molar-refractivity contribution in [2.45, 2.75) is 18.7 Å². The summed E-state index contributed by atoms with van der Waals surface area (Å²) in [5, 5.41) is 0.599. The van der Waals surface area contributed by atoms with Crippen molar-refractivity contribution in [3.63, 3.8) is 0 Å².